The maximum atomic E-state index is 12.8. The number of nitrogens with zero attached hydrogens (tertiary/aromatic N) is 2. The van der Waals surface area contributed by atoms with E-state index in [2.05, 4.69) is 21.7 Å². The summed E-state index contributed by atoms with van der Waals surface area (Å²) >= 11 is 0. The maximum Gasteiger partial charge on any atom is 0.244 e. The van der Waals surface area contributed by atoms with Crippen molar-refractivity contribution in [2.24, 2.45) is 0 Å². The molecule has 0 fully saturated rings. The van der Waals surface area contributed by atoms with E-state index in [1.807, 2.05) is 68.7 Å². The molecule has 1 atom stereocenters. The summed E-state index contributed by atoms with van der Waals surface area (Å²) in [7, 11) is 0. The summed E-state index contributed by atoms with van der Waals surface area (Å²) in [5.41, 5.74) is 4.64. The van der Waals surface area contributed by atoms with Crippen LogP contribution in [0.3, 0.4) is 0 Å². The smallest absolute Gasteiger partial charge is 0.244 e. The van der Waals surface area contributed by atoms with Crippen LogP contribution in [0.5, 0.6) is 0 Å². The molecule has 1 unspecified atom stereocenters. The highest BCUT2D eigenvalue weighted by atomic mass is 16.2. The van der Waals surface area contributed by atoms with E-state index in [1.54, 1.807) is 0 Å². The van der Waals surface area contributed by atoms with Gasteiger partial charge in [0, 0.05) is 12.1 Å². The lowest BCUT2D eigenvalue weighted by atomic mass is 10.1. The fourth-order valence-corrected chi connectivity index (χ4v) is 3.39. The molecule has 0 spiro atoms. The van der Waals surface area contributed by atoms with Crippen LogP contribution in [0.15, 0.2) is 42.5 Å². The van der Waals surface area contributed by atoms with Crippen LogP contribution >= 0.6 is 0 Å². The maximum absolute atomic E-state index is 12.8. The molecule has 1 heterocycles. The van der Waals surface area contributed by atoms with Gasteiger partial charge in [-0.15, -0.1) is 0 Å². The number of aromatic nitrogens is 2. The SMILES string of the molecule is CCC(=O)NC(C)c1nc2ccccc2n1CC(=O)Nc1cc(C)cc(C)c1. The Bertz CT molecular complexity index is 1000. The van der Waals surface area contributed by atoms with Crippen molar-refractivity contribution in [3.8, 4) is 0 Å². The molecule has 0 radical (unpaired) electrons. The lowest BCUT2D eigenvalue weighted by Crippen LogP contribution is -2.29. The molecular weight excluding hydrogens is 352 g/mol. The Balaban J connectivity index is 1.89. The predicted molar refractivity (Wildman–Crippen MR) is 111 cm³/mol. The summed E-state index contributed by atoms with van der Waals surface area (Å²) in [6.07, 6.45) is 0.401. The number of aryl methyl sites for hydroxylation is 2. The molecule has 0 bridgehead atoms. The molecule has 2 aromatic carbocycles. The molecule has 0 saturated heterocycles. The summed E-state index contributed by atoms with van der Waals surface area (Å²) < 4.78 is 1.87. The van der Waals surface area contributed by atoms with E-state index in [-0.39, 0.29) is 24.4 Å². The zero-order valence-electron chi connectivity index (χ0n) is 16.7. The fraction of sp³-hybridized carbons (Fsp3) is 0.318. The molecule has 28 heavy (non-hydrogen) atoms. The Hall–Kier alpha value is -3.15. The topological polar surface area (TPSA) is 76.0 Å². The van der Waals surface area contributed by atoms with Crippen molar-refractivity contribution in [1.29, 1.82) is 0 Å². The van der Waals surface area contributed by atoms with Crippen molar-refractivity contribution in [3.05, 3.63) is 59.4 Å². The number of carbonyl (C=O) groups excluding carboxylic acids is 2. The van der Waals surface area contributed by atoms with Gasteiger partial charge in [-0.25, -0.2) is 4.98 Å². The first-order chi connectivity index (χ1) is 13.4. The minimum atomic E-state index is -0.297. The summed E-state index contributed by atoms with van der Waals surface area (Å²) in [5.74, 6) is 0.479. The van der Waals surface area contributed by atoms with Crippen LogP contribution in [-0.4, -0.2) is 21.4 Å². The molecule has 1 aromatic heterocycles. The van der Waals surface area contributed by atoms with Crippen molar-refractivity contribution in [2.45, 2.75) is 46.7 Å². The van der Waals surface area contributed by atoms with Gasteiger partial charge in [-0.1, -0.05) is 25.1 Å². The van der Waals surface area contributed by atoms with Gasteiger partial charge in [0.05, 0.1) is 17.1 Å². The Morgan fingerprint density at radius 3 is 2.43 bits per heavy atom. The van der Waals surface area contributed by atoms with Crippen LogP contribution < -0.4 is 10.6 Å². The predicted octanol–water partition coefficient (Wildman–Crippen LogP) is 3.88. The van der Waals surface area contributed by atoms with Gasteiger partial charge < -0.3 is 15.2 Å². The largest absolute Gasteiger partial charge is 0.346 e. The molecular formula is C22H26N4O2. The normalized spacial score (nSPS) is 12.0. The van der Waals surface area contributed by atoms with Crippen molar-refractivity contribution < 1.29 is 9.59 Å². The summed E-state index contributed by atoms with van der Waals surface area (Å²) in [4.78, 5) is 29.2. The van der Waals surface area contributed by atoms with Crippen molar-refractivity contribution in [1.82, 2.24) is 14.9 Å². The number of benzene rings is 2. The van der Waals surface area contributed by atoms with Crippen LogP contribution in [-0.2, 0) is 16.1 Å². The molecule has 3 rings (SSSR count). The molecule has 0 aliphatic carbocycles. The number of nitrogens with one attached hydrogen (secondary N) is 2. The third kappa shape index (κ3) is 4.39. The second kappa shape index (κ2) is 8.25. The van der Waals surface area contributed by atoms with E-state index < -0.39 is 0 Å². The van der Waals surface area contributed by atoms with E-state index in [0.717, 1.165) is 27.8 Å². The average molecular weight is 378 g/mol. The third-order valence-corrected chi connectivity index (χ3v) is 4.58. The van der Waals surface area contributed by atoms with Gasteiger partial charge in [0.2, 0.25) is 11.8 Å². The van der Waals surface area contributed by atoms with Gasteiger partial charge in [0.15, 0.2) is 0 Å². The fourth-order valence-electron chi connectivity index (χ4n) is 3.39. The number of rotatable bonds is 6. The number of anilines is 1. The van der Waals surface area contributed by atoms with E-state index in [9.17, 15) is 9.59 Å². The highest BCUT2D eigenvalue weighted by Crippen LogP contribution is 2.21. The monoisotopic (exact) mass is 378 g/mol. The molecule has 0 aliphatic heterocycles. The van der Waals surface area contributed by atoms with Gasteiger partial charge in [-0.05, 0) is 56.2 Å². The van der Waals surface area contributed by atoms with Crippen LogP contribution in [0.2, 0.25) is 0 Å². The second-order valence-corrected chi connectivity index (χ2v) is 7.11. The Kier molecular flexibility index (Phi) is 5.78. The number of hydrogen-bond donors (Lipinski definition) is 2. The number of amides is 2. The molecule has 3 aromatic rings. The van der Waals surface area contributed by atoms with Crippen molar-refractivity contribution in [3.63, 3.8) is 0 Å². The second-order valence-electron chi connectivity index (χ2n) is 7.11. The summed E-state index contributed by atoms with van der Waals surface area (Å²) in [6.45, 7) is 7.81. The lowest BCUT2D eigenvalue weighted by molar-refractivity contribution is -0.121. The van der Waals surface area contributed by atoms with Crippen molar-refractivity contribution in [2.75, 3.05) is 5.32 Å². The number of imidazole rings is 1. The van der Waals surface area contributed by atoms with E-state index in [1.165, 1.54) is 0 Å². The number of carbonyl (C=O) groups is 2. The van der Waals surface area contributed by atoms with E-state index in [0.29, 0.717) is 12.2 Å². The molecule has 0 aliphatic rings. The molecule has 146 valence electrons. The first-order valence-corrected chi connectivity index (χ1v) is 9.50. The van der Waals surface area contributed by atoms with Crippen LogP contribution in [0.25, 0.3) is 11.0 Å². The first kappa shape index (κ1) is 19.6. The lowest BCUT2D eigenvalue weighted by Gasteiger charge is -2.16. The minimum Gasteiger partial charge on any atom is -0.346 e. The number of para-hydroxylation sites is 2. The van der Waals surface area contributed by atoms with Crippen molar-refractivity contribution >= 4 is 28.5 Å². The number of hydrogen-bond acceptors (Lipinski definition) is 3. The molecule has 0 saturated carbocycles. The standard InChI is InChI=1S/C22H26N4O2/c1-5-20(27)23-16(4)22-25-18-8-6-7-9-19(18)26(22)13-21(28)24-17-11-14(2)10-15(3)12-17/h6-12,16H,5,13H2,1-4H3,(H,23,27)(H,24,28). The average Bonchev–Trinajstić information content (AvgIpc) is 2.99. The zero-order valence-corrected chi connectivity index (χ0v) is 16.7. The quantitative estimate of drug-likeness (QED) is 0.683. The van der Waals surface area contributed by atoms with Gasteiger partial charge in [0.1, 0.15) is 12.4 Å². The van der Waals surface area contributed by atoms with Crippen LogP contribution in [0.1, 0.15) is 43.3 Å². The first-order valence-electron chi connectivity index (χ1n) is 9.50. The van der Waals surface area contributed by atoms with Gasteiger partial charge in [-0.2, -0.15) is 0 Å². The highest BCUT2D eigenvalue weighted by molar-refractivity contribution is 5.92. The summed E-state index contributed by atoms with van der Waals surface area (Å²) in [5, 5.41) is 5.90. The molecule has 2 N–H and O–H groups in total. The molecule has 6 nitrogen and oxygen atoms in total. The minimum absolute atomic E-state index is 0.0502. The Labute approximate surface area is 165 Å². The summed E-state index contributed by atoms with van der Waals surface area (Å²) in [6, 6.07) is 13.3. The van der Waals surface area contributed by atoms with Crippen LogP contribution in [0.4, 0.5) is 5.69 Å². The highest BCUT2D eigenvalue weighted by Gasteiger charge is 2.19. The van der Waals surface area contributed by atoms with Gasteiger partial charge in [0.25, 0.3) is 0 Å². The molecule has 2 amide bonds. The zero-order chi connectivity index (χ0) is 20.3. The Morgan fingerprint density at radius 2 is 1.75 bits per heavy atom. The van der Waals surface area contributed by atoms with Gasteiger partial charge >= 0.3 is 0 Å². The van der Waals surface area contributed by atoms with Crippen LogP contribution in [0, 0.1) is 13.8 Å². The van der Waals surface area contributed by atoms with E-state index >= 15 is 0 Å². The molecule has 6 heteroatoms. The third-order valence-electron chi connectivity index (χ3n) is 4.58. The van der Waals surface area contributed by atoms with Gasteiger partial charge in [-0.3, -0.25) is 9.59 Å². The Morgan fingerprint density at radius 1 is 1.07 bits per heavy atom. The number of fused-ring (bicyclic) bond motifs is 1. The van der Waals surface area contributed by atoms with E-state index in [4.69, 9.17) is 0 Å².